The molecule has 0 radical (unpaired) electrons. The van der Waals surface area contributed by atoms with Gasteiger partial charge in [0.2, 0.25) is 6.29 Å². The van der Waals surface area contributed by atoms with Crippen molar-refractivity contribution in [1.29, 1.82) is 0 Å². The van der Waals surface area contributed by atoms with Gasteiger partial charge in [-0.1, -0.05) is 18.6 Å². The van der Waals surface area contributed by atoms with Gasteiger partial charge in [0, 0.05) is 12.5 Å². The molecule has 4 fully saturated rings. The molecule has 2 saturated heterocycles. The largest absolute Gasteiger partial charge is 0.506 e. The third-order valence-corrected chi connectivity index (χ3v) is 12.2. The van der Waals surface area contributed by atoms with Crippen molar-refractivity contribution in [1.82, 2.24) is 0 Å². The summed E-state index contributed by atoms with van der Waals surface area (Å²) >= 11 is 0. The molecule has 48 heavy (non-hydrogen) atoms. The summed E-state index contributed by atoms with van der Waals surface area (Å²) in [4.78, 5) is 24.5. The van der Waals surface area contributed by atoms with Crippen molar-refractivity contribution < 1.29 is 54.1 Å². The molecule has 0 amide bonds. The number of aromatic carboxylic acids is 1. The van der Waals surface area contributed by atoms with Crippen molar-refractivity contribution in [2.45, 2.75) is 76.2 Å². The number of aromatic hydroxyl groups is 1. The van der Waals surface area contributed by atoms with Gasteiger partial charge in [-0.2, -0.15) is 0 Å². The van der Waals surface area contributed by atoms with Crippen molar-refractivity contribution in [2.75, 3.05) is 26.4 Å². The third kappa shape index (κ3) is 4.62. The van der Waals surface area contributed by atoms with Gasteiger partial charge in [-0.05, 0) is 103 Å². The lowest BCUT2D eigenvalue weighted by Crippen LogP contribution is -2.69. The van der Waals surface area contributed by atoms with E-state index >= 15 is 0 Å². The molecule has 6 aliphatic rings. The fraction of sp³-hybridized carbons (Fsp3) is 0.568. The van der Waals surface area contributed by atoms with Crippen LogP contribution in [0.5, 0.6) is 11.5 Å². The van der Waals surface area contributed by atoms with Gasteiger partial charge in [0.1, 0.15) is 35.4 Å². The monoisotopic (exact) mass is 662 g/mol. The van der Waals surface area contributed by atoms with E-state index in [2.05, 4.69) is 6.08 Å². The Morgan fingerprint density at radius 2 is 1.92 bits per heavy atom. The van der Waals surface area contributed by atoms with Crippen LogP contribution in [-0.4, -0.2) is 93.9 Å². The highest BCUT2D eigenvalue weighted by Crippen LogP contribution is 2.61. The van der Waals surface area contributed by atoms with Crippen LogP contribution in [0.15, 0.2) is 41.0 Å². The van der Waals surface area contributed by atoms with Gasteiger partial charge in [0.25, 0.3) is 0 Å². The molecule has 3 aliphatic carbocycles. The molecule has 3 aliphatic heterocycles. The zero-order valence-corrected chi connectivity index (χ0v) is 27.1. The van der Waals surface area contributed by atoms with E-state index in [0.29, 0.717) is 47.6 Å². The van der Waals surface area contributed by atoms with Crippen LogP contribution in [-0.2, 0) is 14.2 Å². The number of hydrogen-bond donors (Lipinski definition) is 5. The first-order valence-electron chi connectivity index (χ1n) is 17.0. The van der Waals surface area contributed by atoms with E-state index in [9.17, 15) is 35.1 Å². The summed E-state index contributed by atoms with van der Waals surface area (Å²) in [5.74, 6) is -0.517. The Morgan fingerprint density at radius 3 is 2.67 bits per heavy atom. The number of aliphatic hydroxyl groups excluding tert-OH is 3. The van der Waals surface area contributed by atoms with Crippen molar-refractivity contribution in [3.05, 3.63) is 57.7 Å². The number of phenols is 1. The van der Waals surface area contributed by atoms with E-state index < -0.39 is 54.3 Å². The second-order valence-electron chi connectivity index (χ2n) is 14.6. The van der Waals surface area contributed by atoms with Crippen LogP contribution in [0.2, 0.25) is 0 Å². The van der Waals surface area contributed by atoms with Crippen LogP contribution in [0.3, 0.4) is 0 Å². The summed E-state index contributed by atoms with van der Waals surface area (Å²) in [7, 11) is 0. The number of carboxylic acid groups (broad SMARTS) is 1. The lowest BCUT2D eigenvalue weighted by Gasteiger charge is -2.56. The zero-order chi connectivity index (χ0) is 33.6. The van der Waals surface area contributed by atoms with Gasteiger partial charge >= 0.3 is 5.97 Å². The smallest absolute Gasteiger partial charge is 0.335 e. The predicted molar refractivity (Wildman–Crippen MR) is 171 cm³/mol. The maximum Gasteiger partial charge on any atom is 0.335 e. The molecule has 2 saturated carbocycles. The lowest BCUT2D eigenvalue weighted by atomic mass is 9.52. The van der Waals surface area contributed by atoms with E-state index in [1.54, 1.807) is 13.0 Å². The molecular weight excluding hydrogens is 620 g/mol. The number of phenolic OH excluding ortho intramolecular Hbond substituents is 1. The summed E-state index contributed by atoms with van der Waals surface area (Å²) in [6.45, 7) is 4.11. The standard InChI is InChI=1S/C37H42O11/c1-16-8-20-9-21(35(43)44)10-26(31(20)32(40)28(16)17(2)39)47-36-33(41)34(42)37(27(12-38)48-36)11-24-22-5-3-4-18-13-45-15-25(30(18)22)23-7-6-19(14-46-37)29(23)24/h7-10,18,22,24-25,27,30,33-34,36,38,40-42H,3-6,11-15H2,1-2H3,(H,43,44)/t18-,22+,24+,25+,27+,30+,33+,34+,36-,37-/m0/s1. The van der Waals surface area contributed by atoms with E-state index in [1.165, 1.54) is 35.8 Å². The number of aliphatic hydroxyl groups is 3. The summed E-state index contributed by atoms with van der Waals surface area (Å²) in [6.07, 6.45) is 0.830. The van der Waals surface area contributed by atoms with Gasteiger partial charge in [-0.15, -0.1) is 0 Å². The quantitative estimate of drug-likeness (QED) is 0.296. The highest BCUT2D eigenvalue weighted by molar-refractivity contribution is 6.08. The molecule has 0 bridgehead atoms. The van der Waals surface area contributed by atoms with Gasteiger partial charge in [-0.3, -0.25) is 4.79 Å². The summed E-state index contributed by atoms with van der Waals surface area (Å²) < 4.78 is 25.1. The number of hydrogen-bond acceptors (Lipinski definition) is 10. The number of ether oxygens (including phenoxy) is 4. The maximum absolute atomic E-state index is 12.4. The first-order chi connectivity index (χ1) is 23.0. The molecule has 0 unspecified atom stereocenters. The van der Waals surface area contributed by atoms with Crippen LogP contribution >= 0.6 is 0 Å². The number of carbonyl (C=O) groups is 2. The molecular formula is C37H42O11. The Bertz CT molecular complexity index is 1760. The van der Waals surface area contributed by atoms with E-state index in [0.717, 1.165) is 32.3 Å². The molecule has 1 spiro atoms. The van der Waals surface area contributed by atoms with Crippen molar-refractivity contribution in [3.8, 4) is 11.5 Å². The Hall–Kier alpha value is -3.32. The normalized spacial score (nSPS) is 37.1. The molecule has 2 aromatic carbocycles. The van der Waals surface area contributed by atoms with E-state index in [1.807, 2.05) is 0 Å². The van der Waals surface area contributed by atoms with Gasteiger partial charge in [-0.25, -0.2) is 4.79 Å². The number of fused-ring (bicyclic) bond motifs is 3. The number of ketones is 1. The Kier molecular flexibility index (Phi) is 7.74. The predicted octanol–water partition coefficient (Wildman–Crippen LogP) is 3.67. The summed E-state index contributed by atoms with van der Waals surface area (Å²) in [5, 5.41) is 55.9. The second kappa shape index (κ2) is 11.6. The van der Waals surface area contributed by atoms with Crippen LogP contribution in [0.4, 0.5) is 0 Å². The average molecular weight is 663 g/mol. The number of carboxylic acids is 1. The fourth-order valence-corrected chi connectivity index (χ4v) is 10.2. The first kappa shape index (κ1) is 31.9. The van der Waals surface area contributed by atoms with Crippen molar-refractivity contribution in [2.24, 2.45) is 29.6 Å². The highest BCUT2D eigenvalue weighted by atomic mass is 16.7. The fourth-order valence-electron chi connectivity index (χ4n) is 10.2. The minimum Gasteiger partial charge on any atom is -0.506 e. The van der Waals surface area contributed by atoms with Crippen LogP contribution in [0.25, 0.3) is 10.8 Å². The van der Waals surface area contributed by atoms with Crippen LogP contribution in [0, 0.1) is 36.5 Å². The molecule has 8 rings (SSSR count). The second-order valence-corrected chi connectivity index (χ2v) is 14.6. The van der Waals surface area contributed by atoms with E-state index in [-0.39, 0.29) is 34.8 Å². The lowest BCUT2D eigenvalue weighted by molar-refractivity contribution is -0.326. The molecule has 256 valence electrons. The molecule has 11 heteroatoms. The van der Waals surface area contributed by atoms with Crippen LogP contribution in [0.1, 0.15) is 65.3 Å². The molecule has 3 heterocycles. The van der Waals surface area contributed by atoms with Gasteiger partial charge in [0.05, 0.1) is 36.3 Å². The first-order valence-corrected chi connectivity index (χ1v) is 17.0. The topological polar surface area (TPSA) is 172 Å². The molecule has 11 nitrogen and oxygen atoms in total. The van der Waals surface area contributed by atoms with Crippen LogP contribution < -0.4 is 4.74 Å². The minimum absolute atomic E-state index is 0.0525. The molecule has 10 atom stereocenters. The third-order valence-electron chi connectivity index (χ3n) is 12.2. The van der Waals surface area contributed by atoms with Gasteiger partial charge < -0.3 is 44.5 Å². The number of allylic oxidation sites excluding steroid dienone is 2. The number of benzene rings is 2. The maximum atomic E-state index is 12.4. The number of Topliss-reactive ketones (excluding diaryl/α,β-unsaturated/α-hetero) is 1. The Labute approximate surface area is 277 Å². The number of aryl methyl sites for hydroxylation is 1. The van der Waals surface area contributed by atoms with Gasteiger partial charge in [0.15, 0.2) is 5.78 Å². The SMILES string of the molecule is CC(=O)c1c(C)cc2cc(C(=O)O)cc(O[C@H]3O[C@H](CO)[C@@]4(C[C@H]5C6=C(CC=C6[C@H]6COC[C@@H]7CCC[C@H]5[C@@H]76)CO4)[C@H](O)[C@H]3O)c2c1O. The molecule has 0 aromatic heterocycles. The zero-order valence-electron chi connectivity index (χ0n) is 27.1. The van der Waals surface area contributed by atoms with E-state index in [4.69, 9.17) is 18.9 Å². The Morgan fingerprint density at radius 1 is 1.10 bits per heavy atom. The minimum atomic E-state index is -1.67. The summed E-state index contributed by atoms with van der Waals surface area (Å²) in [5.41, 5.74) is 2.70. The Balaban J connectivity index is 1.15. The molecule has 5 N–H and O–H groups in total. The molecule has 2 aromatic rings. The highest BCUT2D eigenvalue weighted by Gasteiger charge is 2.62. The average Bonchev–Trinajstić information content (AvgIpc) is 3.41. The number of rotatable bonds is 5. The van der Waals surface area contributed by atoms with Crippen molar-refractivity contribution in [3.63, 3.8) is 0 Å². The number of carbonyl (C=O) groups excluding carboxylic acids is 1. The van der Waals surface area contributed by atoms with Crippen molar-refractivity contribution >= 4 is 22.5 Å². The summed E-state index contributed by atoms with van der Waals surface area (Å²) in [6, 6.07) is 4.12.